The van der Waals surface area contributed by atoms with Crippen molar-refractivity contribution in [1.29, 1.82) is 0 Å². The maximum atomic E-state index is 10.6. The van der Waals surface area contributed by atoms with Crippen LogP contribution in [0.15, 0.2) is 41.8 Å². The van der Waals surface area contributed by atoms with Gasteiger partial charge in [0, 0.05) is 18.6 Å². The first-order valence-corrected chi connectivity index (χ1v) is 5.82. The molecule has 0 atom stereocenters. The number of aromatic carboxylic acids is 1. The number of carboxylic acid groups (broad SMARTS) is 1. The van der Waals surface area contributed by atoms with E-state index in [1.807, 2.05) is 0 Å². The summed E-state index contributed by atoms with van der Waals surface area (Å²) in [7, 11) is 0. The molecular weight excluding hydrogens is 238 g/mol. The number of carboxylic acids is 1. The number of thioether (sulfide) groups is 1. The maximum absolute atomic E-state index is 10.6. The molecule has 5 nitrogen and oxygen atoms in total. The molecule has 2 heterocycles. The number of carbonyl (C=O) groups is 1. The minimum absolute atomic E-state index is 0.185. The number of nitrogens with zero attached hydrogens (tertiary/aromatic N) is 3. The van der Waals surface area contributed by atoms with Gasteiger partial charge in [0.05, 0.1) is 16.3 Å². The van der Waals surface area contributed by atoms with Crippen LogP contribution in [0.4, 0.5) is 0 Å². The Morgan fingerprint density at radius 3 is 2.59 bits per heavy atom. The molecule has 0 aliphatic heterocycles. The van der Waals surface area contributed by atoms with Gasteiger partial charge in [-0.1, -0.05) is 11.8 Å². The number of aromatic nitrogens is 3. The van der Waals surface area contributed by atoms with Crippen molar-refractivity contribution in [2.75, 3.05) is 0 Å². The van der Waals surface area contributed by atoms with Crippen molar-refractivity contribution in [3.05, 3.63) is 48.2 Å². The fourth-order valence-corrected chi connectivity index (χ4v) is 1.85. The lowest BCUT2D eigenvalue weighted by Crippen LogP contribution is -1.97. The lowest BCUT2D eigenvalue weighted by Gasteiger charge is -2.00. The predicted molar refractivity (Wildman–Crippen MR) is 62.8 cm³/mol. The molecule has 0 unspecified atom stereocenters. The van der Waals surface area contributed by atoms with Crippen LogP contribution < -0.4 is 0 Å². The van der Waals surface area contributed by atoms with Gasteiger partial charge in [-0.2, -0.15) is 0 Å². The van der Waals surface area contributed by atoms with Gasteiger partial charge in [0.25, 0.3) is 0 Å². The number of hydrogen-bond acceptors (Lipinski definition) is 5. The van der Waals surface area contributed by atoms with Crippen molar-refractivity contribution < 1.29 is 9.90 Å². The number of rotatable bonds is 4. The Morgan fingerprint density at radius 2 is 2.00 bits per heavy atom. The Kier molecular flexibility index (Phi) is 3.66. The summed E-state index contributed by atoms with van der Waals surface area (Å²) in [6.07, 6.45) is 4.71. The molecule has 0 aliphatic rings. The first kappa shape index (κ1) is 11.5. The Labute approximate surface area is 102 Å². The predicted octanol–water partition coefficient (Wildman–Crippen LogP) is 1.86. The molecule has 1 N–H and O–H groups in total. The van der Waals surface area contributed by atoms with Crippen LogP contribution in [0.1, 0.15) is 16.2 Å². The van der Waals surface area contributed by atoms with Crippen LogP contribution in [0.3, 0.4) is 0 Å². The van der Waals surface area contributed by atoms with Gasteiger partial charge in [-0.3, -0.25) is 0 Å². The highest BCUT2D eigenvalue weighted by Gasteiger charge is 2.04. The van der Waals surface area contributed by atoms with E-state index in [1.54, 1.807) is 24.5 Å². The smallest absolute Gasteiger partial charge is 0.337 e. The van der Waals surface area contributed by atoms with E-state index >= 15 is 0 Å². The minimum Gasteiger partial charge on any atom is -0.478 e. The zero-order chi connectivity index (χ0) is 12.1. The summed E-state index contributed by atoms with van der Waals surface area (Å²) in [4.78, 5) is 22.8. The third-order valence-electron chi connectivity index (χ3n) is 1.95. The van der Waals surface area contributed by atoms with E-state index in [4.69, 9.17) is 5.11 Å². The van der Waals surface area contributed by atoms with Crippen LogP contribution in [0.25, 0.3) is 0 Å². The fraction of sp³-hybridized carbons (Fsp3) is 0.0909. The Bertz CT molecular complexity index is 502. The second-order valence-electron chi connectivity index (χ2n) is 3.14. The Hall–Kier alpha value is -1.95. The quantitative estimate of drug-likeness (QED) is 0.831. The van der Waals surface area contributed by atoms with Gasteiger partial charge in [-0.15, -0.1) is 0 Å². The van der Waals surface area contributed by atoms with Gasteiger partial charge < -0.3 is 5.11 Å². The van der Waals surface area contributed by atoms with E-state index in [0.717, 1.165) is 10.9 Å². The lowest BCUT2D eigenvalue weighted by molar-refractivity contribution is 0.0696. The van der Waals surface area contributed by atoms with Crippen molar-refractivity contribution in [3.63, 3.8) is 0 Å². The van der Waals surface area contributed by atoms with Gasteiger partial charge in [0.15, 0.2) is 0 Å². The molecule has 6 heteroatoms. The first-order chi connectivity index (χ1) is 8.25. The molecular formula is C11H9N3O2S. The second-order valence-corrected chi connectivity index (χ2v) is 4.14. The van der Waals surface area contributed by atoms with Gasteiger partial charge in [-0.25, -0.2) is 19.7 Å². The largest absolute Gasteiger partial charge is 0.478 e. The zero-order valence-electron chi connectivity index (χ0n) is 8.78. The van der Waals surface area contributed by atoms with Crippen molar-refractivity contribution in [2.45, 2.75) is 10.8 Å². The van der Waals surface area contributed by atoms with Crippen LogP contribution in [-0.4, -0.2) is 26.0 Å². The molecule has 0 bridgehead atoms. The topological polar surface area (TPSA) is 76.0 Å². The third kappa shape index (κ3) is 3.25. The van der Waals surface area contributed by atoms with E-state index in [9.17, 15) is 4.79 Å². The van der Waals surface area contributed by atoms with Crippen LogP contribution in [-0.2, 0) is 5.75 Å². The summed E-state index contributed by atoms with van der Waals surface area (Å²) in [6, 6.07) is 4.97. The van der Waals surface area contributed by atoms with Crippen LogP contribution in [0, 0.1) is 0 Å². The SMILES string of the molecule is O=C(O)c1ccc(SCc2ncccn2)nc1. The van der Waals surface area contributed by atoms with Crippen LogP contribution in [0.5, 0.6) is 0 Å². The van der Waals surface area contributed by atoms with Crippen molar-refractivity contribution in [2.24, 2.45) is 0 Å². The second kappa shape index (κ2) is 5.40. The summed E-state index contributed by atoms with van der Waals surface area (Å²) in [5, 5.41) is 9.47. The zero-order valence-corrected chi connectivity index (χ0v) is 9.59. The van der Waals surface area contributed by atoms with E-state index in [-0.39, 0.29) is 5.56 Å². The highest BCUT2D eigenvalue weighted by molar-refractivity contribution is 7.98. The molecule has 86 valence electrons. The molecule has 0 spiro atoms. The third-order valence-corrected chi connectivity index (χ3v) is 2.89. The van der Waals surface area contributed by atoms with E-state index in [2.05, 4.69) is 15.0 Å². The summed E-state index contributed by atoms with van der Waals surface area (Å²) in [6.45, 7) is 0. The van der Waals surface area contributed by atoms with E-state index < -0.39 is 5.97 Å². The fourth-order valence-electron chi connectivity index (χ4n) is 1.14. The van der Waals surface area contributed by atoms with E-state index in [0.29, 0.717) is 5.75 Å². The van der Waals surface area contributed by atoms with Crippen LogP contribution in [0.2, 0.25) is 0 Å². The molecule has 0 amide bonds. The molecule has 0 aromatic carbocycles. The first-order valence-electron chi connectivity index (χ1n) is 4.84. The van der Waals surface area contributed by atoms with Crippen LogP contribution >= 0.6 is 11.8 Å². The molecule has 2 aromatic rings. The summed E-state index contributed by atoms with van der Waals surface area (Å²) >= 11 is 1.46. The number of pyridine rings is 1. The van der Waals surface area contributed by atoms with Gasteiger partial charge in [-0.05, 0) is 18.2 Å². The average Bonchev–Trinajstić information content (AvgIpc) is 2.38. The monoisotopic (exact) mass is 247 g/mol. The molecule has 0 saturated carbocycles. The summed E-state index contributed by atoms with van der Waals surface area (Å²) < 4.78 is 0. The van der Waals surface area contributed by atoms with Crippen molar-refractivity contribution in [3.8, 4) is 0 Å². The molecule has 2 aromatic heterocycles. The highest BCUT2D eigenvalue weighted by Crippen LogP contribution is 2.18. The normalized spacial score (nSPS) is 10.1. The van der Waals surface area contributed by atoms with Gasteiger partial charge in [0.1, 0.15) is 5.82 Å². The Morgan fingerprint density at radius 1 is 1.24 bits per heavy atom. The van der Waals surface area contributed by atoms with E-state index in [1.165, 1.54) is 24.0 Å². The summed E-state index contributed by atoms with van der Waals surface area (Å²) in [5.74, 6) is 0.363. The maximum Gasteiger partial charge on any atom is 0.337 e. The van der Waals surface area contributed by atoms with Gasteiger partial charge in [0.2, 0.25) is 0 Å². The summed E-state index contributed by atoms with van der Waals surface area (Å²) in [5.41, 5.74) is 0.185. The number of hydrogen-bond donors (Lipinski definition) is 1. The van der Waals surface area contributed by atoms with Crippen molar-refractivity contribution >= 4 is 17.7 Å². The average molecular weight is 247 g/mol. The highest BCUT2D eigenvalue weighted by atomic mass is 32.2. The molecule has 17 heavy (non-hydrogen) atoms. The molecule has 2 rings (SSSR count). The molecule has 0 aliphatic carbocycles. The Balaban J connectivity index is 1.98. The van der Waals surface area contributed by atoms with Gasteiger partial charge >= 0.3 is 5.97 Å². The standard InChI is InChI=1S/C11H9N3O2S/c15-11(16)8-2-3-10(14-6-8)17-7-9-12-4-1-5-13-9/h1-6H,7H2,(H,15,16). The molecule has 0 fully saturated rings. The molecule has 0 radical (unpaired) electrons. The lowest BCUT2D eigenvalue weighted by atomic mass is 10.3. The minimum atomic E-state index is -0.972. The van der Waals surface area contributed by atoms with Crippen molar-refractivity contribution in [1.82, 2.24) is 15.0 Å². The molecule has 0 saturated heterocycles.